The van der Waals surface area contributed by atoms with Crippen LogP contribution in [-0.2, 0) is 6.42 Å². The fourth-order valence-corrected chi connectivity index (χ4v) is 2.52. The third-order valence-electron chi connectivity index (χ3n) is 3.61. The van der Waals surface area contributed by atoms with Gasteiger partial charge in [0.2, 0.25) is 0 Å². The second-order valence-electron chi connectivity index (χ2n) is 5.09. The normalized spacial score (nSPS) is 11.1. The van der Waals surface area contributed by atoms with Gasteiger partial charge in [0.15, 0.2) is 0 Å². The van der Waals surface area contributed by atoms with Gasteiger partial charge in [-0.1, -0.05) is 31.5 Å². The highest BCUT2D eigenvalue weighted by Gasteiger charge is 2.12. The van der Waals surface area contributed by atoms with Gasteiger partial charge in [-0.2, -0.15) is 0 Å². The number of carbonyl (C=O) groups is 1. The lowest BCUT2D eigenvalue weighted by Gasteiger charge is -2.07. The monoisotopic (exact) mass is 280 g/mol. The molecule has 3 aromatic rings. The lowest BCUT2D eigenvalue weighted by Crippen LogP contribution is -2.01. The molecule has 21 heavy (non-hydrogen) atoms. The third kappa shape index (κ3) is 2.44. The number of hydrogen-bond donors (Lipinski definition) is 1. The zero-order chi connectivity index (χ0) is 14.8. The fourth-order valence-electron chi connectivity index (χ4n) is 2.52. The van der Waals surface area contributed by atoms with E-state index in [1.165, 1.54) is 0 Å². The van der Waals surface area contributed by atoms with Crippen LogP contribution in [0.15, 0.2) is 36.4 Å². The van der Waals surface area contributed by atoms with Crippen molar-refractivity contribution in [1.82, 2.24) is 9.97 Å². The van der Waals surface area contributed by atoms with Crippen LogP contribution < -0.4 is 0 Å². The number of aryl methyl sites for hydroxylation is 1. The number of aromatic carboxylic acids is 1. The summed E-state index contributed by atoms with van der Waals surface area (Å²) < 4.78 is 0. The number of aromatic nitrogens is 2. The van der Waals surface area contributed by atoms with E-state index in [-0.39, 0.29) is 5.56 Å². The summed E-state index contributed by atoms with van der Waals surface area (Å²) in [6, 6.07) is 11.0. The van der Waals surface area contributed by atoms with Crippen molar-refractivity contribution in [3.05, 3.63) is 47.5 Å². The maximum atomic E-state index is 11.3. The number of fused-ring (bicyclic) bond motifs is 2. The van der Waals surface area contributed by atoms with E-state index >= 15 is 0 Å². The number of carboxylic acids is 1. The van der Waals surface area contributed by atoms with Gasteiger partial charge in [-0.3, -0.25) is 0 Å². The third-order valence-corrected chi connectivity index (χ3v) is 3.61. The Morgan fingerprint density at radius 1 is 1.05 bits per heavy atom. The van der Waals surface area contributed by atoms with E-state index in [2.05, 4.69) is 16.9 Å². The molecule has 0 saturated carbocycles. The van der Waals surface area contributed by atoms with Crippen molar-refractivity contribution in [2.24, 2.45) is 0 Å². The zero-order valence-corrected chi connectivity index (χ0v) is 11.8. The summed E-state index contributed by atoms with van der Waals surface area (Å²) in [5, 5.41) is 9.30. The molecule has 0 unspecified atom stereocenters. The largest absolute Gasteiger partial charge is 0.478 e. The lowest BCUT2D eigenvalue weighted by molar-refractivity contribution is 0.0699. The molecule has 0 aliphatic rings. The van der Waals surface area contributed by atoms with Crippen LogP contribution in [0.4, 0.5) is 0 Å². The number of carboxylic acid groups (broad SMARTS) is 1. The van der Waals surface area contributed by atoms with Crippen molar-refractivity contribution in [1.29, 1.82) is 0 Å². The summed E-state index contributed by atoms with van der Waals surface area (Å²) in [5.41, 5.74) is 4.04. The molecule has 0 spiro atoms. The number of unbranched alkanes of at least 4 members (excludes halogenated alkanes) is 1. The number of para-hydroxylation sites is 2. The molecule has 106 valence electrons. The van der Waals surface area contributed by atoms with Gasteiger partial charge in [0.05, 0.1) is 22.1 Å². The summed E-state index contributed by atoms with van der Waals surface area (Å²) in [4.78, 5) is 20.5. The van der Waals surface area contributed by atoms with Gasteiger partial charge >= 0.3 is 5.97 Å². The van der Waals surface area contributed by atoms with Crippen LogP contribution in [0.2, 0.25) is 0 Å². The zero-order valence-electron chi connectivity index (χ0n) is 11.8. The Balaban J connectivity index is 2.29. The Morgan fingerprint density at radius 2 is 1.76 bits per heavy atom. The highest BCUT2D eigenvalue weighted by molar-refractivity contribution is 6.02. The molecule has 4 heteroatoms. The number of rotatable bonds is 4. The first-order valence-corrected chi connectivity index (χ1v) is 7.12. The highest BCUT2D eigenvalue weighted by Crippen LogP contribution is 2.22. The molecular weight excluding hydrogens is 264 g/mol. The average molecular weight is 280 g/mol. The second-order valence-corrected chi connectivity index (χ2v) is 5.09. The Hall–Kier alpha value is -2.49. The average Bonchev–Trinajstić information content (AvgIpc) is 2.50. The molecule has 2 aromatic carbocycles. The second kappa shape index (κ2) is 5.48. The number of nitrogens with zero attached hydrogens (tertiary/aromatic N) is 2. The maximum Gasteiger partial charge on any atom is 0.337 e. The molecule has 3 rings (SSSR count). The number of hydrogen-bond acceptors (Lipinski definition) is 3. The van der Waals surface area contributed by atoms with Crippen LogP contribution in [0.1, 0.15) is 35.7 Å². The molecule has 1 aromatic heterocycles. The summed E-state index contributed by atoms with van der Waals surface area (Å²) in [6.45, 7) is 2.15. The van der Waals surface area contributed by atoms with Crippen LogP contribution in [-0.4, -0.2) is 21.0 Å². The molecule has 0 bridgehead atoms. The van der Waals surface area contributed by atoms with Gasteiger partial charge in [-0.15, -0.1) is 0 Å². The van der Waals surface area contributed by atoms with Gasteiger partial charge in [-0.05, 0) is 36.6 Å². The van der Waals surface area contributed by atoms with Crippen molar-refractivity contribution < 1.29 is 9.90 Å². The quantitative estimate of drug-likeness (QED) is 0.738. The fraction of sp³-hybridized carbons (Fsp3) is 0.235. The molecule has 0 saturated heterocycles. The van der Waals surface area contributed by atoms with Crippen molar-refractivity contribution >= 4 is 28.0 Å². The first-order valence-electron chi connectivity index (χ1n) is 7.12. The van der Waals surface area contributed by atoms with Crippen molar-refractivity contribution in [2.75, 3.05) is 0 Å². The standard InChI is InChI=1S/C17H16N2O2/c1-2-3-6-11-7-4-9-13-15(11)19-16-12(17(20)21)8-5-10-14(16)18-13/h4-5,7-10H,2-3,6H2,1H3,(H,20,21). The summed E-state index contributed by atoms with van der Waals surface area (Å²) in [7, 11) is 0. The molecule has 0 aliphatic heterocycles. The van der Waals surface area contributed by atoms with Crippen molar-refractivity contribution in [3.8, 4) is 0 Å². The molecule has 0 amide bonds. The minimum Gasteiger partial charge on any atom is -0.478 e. The van der Waals surface area contributed by atoms with Crippen LogP contribution in [0, 0.1) is 0 Å². The first-order chi connectivity index (χ1) is 10.2. The SMILES string of the molecule is CCCCc1cccc2nc3cccc(C(=O)O)c3nc12. The molecule has 0 radical (unpaired) electrons. The van der Waals surface area contributed by atoms with Crippen LogP contribution in [0.3, 0.4) is 0 Å². The van der Waals surface area contributed by atoms with Gasteiger partial charge < -0.3 is 5.11 Å². The van der Waals surface area contributed by atoms with E-state index in [0.717, 1.165) is 35.9 Å². The Labute approximate surface area is 122 Å². The van der Waals surface area contributed by atoms with E-state index in [1.807, 2.05) is 18.2 Å². The predicted octanol–water partition coefficient (Wildman–Crippen LogP) is 3.82. The first kappa shape index (κ1) is 13.5. The van der Waals surface area contributed by atoms with Gasteiger partial charge in [-0.25, -0.2) is 14.8 Å². The molecule has 4 nitrogen and oxygen atoms in total. The topological polar surface area (TPSA) is 63.1 Å². The van der Waals surface area contributed by atoms with Gasteiger partial charge in [0, 0.05) is 0 Å². The summed E-state index contributed by atoms with van der Waals surface area (Å²) in [6.07, 6.45) is 3.13. The molecule has 1 N–H and O–H groups in total. The summed E-state index contributed by atoms with van der Waals surface area (Å²) >= 11 is 0. The lowest BCUT2D eigenvalue weighted by atomic mass is 10.1. The van der Waals surface area contributed by atoms with E-state index < -0.39 is 5.97 Å². The van der Waals surface area contributed by atoms with Gasteiger partial charge in [0.1, 0.15) is 5.52 Å². The van der Waals surface area contributed by atoms with Crippen molar-refractivity contribution in [2.45, 2.75) is 26.2 Å². The Bertz CT molecular complexity index is 827. The van der Waals surface area contributed by atoms with Crippen LogP contribution in [0.25, 0.3) is 22.1 Å². The van der Waals surface area contributed by atoms with E-state index in [4.69, 9.17) is 0 Å². The minimum atomic E-state index is -0.972. The van der Waals surface area contributed by atoms with Gasteiger partial charge in [0.25, 0.3) is 0 Å². The molecular formula is C17H16N2O2. The molecule has 0 aliphatic carbocycles. The Kier molecular flexibility index (Phi) is 3.52. The number of benzene rings is 2. The van der Waals surface area contributed by atoms with E-state index in [0.29, 0.717) is 11.0 Å². The smallest absolute Gasteiger partial charge is 0.337 e. The van der Waals surface area contributed by atoms with E-state index in [9.17, 15) is 9.90 Å². The van der Waals surface area contributed by atoms with Crippen LogP contribution in [0.5, 0.6) is 0 Å². The van der Waals surface area contributed by atoms with Crippen LogP contribution >= 0.6 is 0 Å². The van der Waals surface area contributed by atoms with Crippen molar-refractivity contribution in [3.63, 3.8) is 0 Å². The predicted molar refractivity (Wildman–Crippen MR) is 82.6 cm³/mol. The minimum absolute atomic E-state index is 0.201. The molecule has 1 heterocycles. The molecule has 0 atom stereocenters. The van der Waals surface area contributed by atoms with E-state index in [1.54, 1.807) is 18.2 Å². The highest BCUT2D eigenvalue weighted by atomic mass is 16.4. The molecule has 0 fully saturated rings. The summed E-state index contributed by atoms with van der Waals surface area (Å²) in [5.74, 6) is -0.972. The maximum absolute atomic E-state index is 11.3. The Morgan fingerprint density at radius 3 is 2.48 bits per heavy atom.